The van der Waals surface area contributed by atoms with Crippen molar-refractivity contribution in [1.82, 2.24) is 4.90 Å². The van der Waals surface area contributed by atoms with Crippen LogP contribution in [0, 0.1) is 5.92 Å². The second-order valence-electron chi connectivity index (χ2n) is 4.37. The molecule has 2 N–H and O–H groups in total. The van der Waals surface area contributed by atoms with E-state index in [4.69, 9.17) is 5.73 Å². The zero-order chi connectivity index (χ0) is 11.4. The van der Waals surface area contributed by atoms with Crippen LogP contribution in [0.3, 0.4) is 0 Å². The van der Waals surface area contributed by atoms with Gasteiger partial charge in [0.1, 0.15) is 0 Å². The third kappa shape index (κ3) is 2.83. The first-order chi connectivity index (χ1) is 7.79. The molecule has 0 unspecified atom stereocenters. The predicted octanol–water partition coefficient (Wildman–Crippen LogP) is 1.49. The van der Waals surface area contributed by atoms with E-state index in [1.165, 1.54) is 0 Å². The highest BCUT2D eigenvalue weighted by molar-refractivity contribution is 7.07. The van der Waals surface area contributed by atoms with Crippen molar-refractivity contribution < 1.29 is 4.79 Å². The highest BCUT2D eigenvalue weighted by Gasteiger charge is 2.21. The van der Waals surface area contributed by atoms with Crippen molar-refractivity contribution in [2.75, 3.05) is 19.6 Å². The number of nitrogens with zero attached hydrogens (tertiary/aromatic N) is 1. The Balaban J connectivity index is 1.82. The van der Waals surface area contributed by atoms with E-state index in [9.17, 15) is 4.79 Å². The van der Waals surface area contributed by atoms with E-state index < -0.39 is 0 Å². The summed E-state index contributed by atoms with van der Waals surface area (Å²) < 4.78 is 0. The Bertz CT molecular complexity index is 329. The minimum Gasteiger partial charge on any atom is -0.342 e. The SMILES string of the molecule is NCC1CCN(C(=O)Cc2ccsc2)CC1. The highest BCUT2D eigenvalue weighted by atomic mass is 32.1. The van der Waals surface area contributed by atoms with E-state index in [2.05, 4.69) is 0 Å². The maximum absolute atomic E-state index is 12.0. The first kappa shape index (κ1) is 11.6. The summed E-state index contributed by atoms with van der Waals surface area (Å²) >= 11 is 1.64. The molecule has 2 heterocycles. The van der Waals surface area contributed by atoms with Gasteiger partial charge in [-0.3, -0.25) is 4.79 Å². The largest absolute Gasteiger partial charge is 0.342 e. The molecular weight excluding hydrogens is 220 g/mol. The van der Waals surface area contributed by atoms with Crippen molar-refractivity contribution in [1.29, 1.82) is 0 Å². The number of thiophene rings is 1. The van der Waals surface area contributed by atoms with E-state index in [1.807, 2.05) is 21.7 Å². The van der Waals surface area contributed by atoms with E-state index in [-0.39, 0.29) is 5.91 Å². The van der Waals surface area contributed by atoms with Gasteiger partial charge in [-0.15, -0.1) is 0 Å². The van der Waals surface area contributed by atoms with Gasteiger partial charge in [-0.05, 0) is 47.7 Å². The van der Waals surface area contributed by atoms with E-state index in [0.717, 1.165) is 38.0 Å². The number of carbonyl (C=O) groups is 1. The molecule has 1 aromatic rings. The molecule has 1 saturated heterocycles. The fraction of sp³-hybridized carbons (Fsp3) is 0.583. The van der Waals surface area contributed by atoms with Crippen LogP contribution in [0.4, 0.5) is 0 Å². The monoisotopic (exact) mass is 238 g/mol. The van der Waals surface area contributed by atoms with Crippen LogP contribution in [0.1, 0.15) is 18.4 Å². The lowest BCUT2D eigenvalue weighted by Gasteiger charge is -2.31. The number of hydrogen-bond donors (Lipinski definition) is 1. The third-order valence-electron chi connectivity index (χ3n) is 3.24. The number of nitrogens with two attached hydrogens (primary N) is 1. The topological polar surface area (TPSA) is 46.3 Å². The summed E-state index contributed by atoms with van der Waals surface area (Å²) in [5.74, 6) is 0.874. The quantitative estimate of drug-likeness (QED) is 0.867. The number of carbonyl (C=O) groups excluding carboxylic acids is 1. The Hall–Kier alpha value is -0.870. The molecule has 0 atom stereocenters. The molecule has 1 aromatic heterocycles. The molecule has 1 aliphatic heterocycles. The fourth-order valence-corrected chi connectivity index (χ4v) is 2.77. The molecule has 4 heteroatoms. The second kappa shape index (κ2) is 5.46. The smallest absolute Gasteiger partial charge is 0.227 e. The van der Waals surface area contributed by atoms with E-state index in [0.29, 0.717) is 12.3 Å². The summed E-state index contributed by atoms with van der Waals surface area (Å²) in [6.07, 6.45) is 2.68. The molecule has 3 nitrogen and oxygen atoms in total. The van der Waals surface area contributed by atoms with E-state index >= 15 is 0 Å². The summed E-state index contributed by atoms with van der Waals surface area (Å²) in [5.41, 5.74) is 6.77. The molecule has 2 rings (SSSR count). The summed E-state index contributed by atoms with van der Waals surface area (Å²) in [5, 5.41) is 4.06. The van der Waals surface area contributed by atoms with Gasteiger partial charge in [0.15, 0.2) is 0 Å². The average molecular weight is 238 g/mol. The minimum atomic E-state index is 0.258. The maximum Gasteiger partial charge on any atom is 0.227 e. The maximum atomic E-state index is 12.0. The van der Waals surface area contributed by atoms with Gasteiger partial charge < -0.3 is 10.6 Å². The summed E-state index contributed by atoms with van der Waals surface area (Å²) in [6.45, 7) is 2.52. The molecule has 0 aromatic carbocycles. The lowest BCUT2D eigenvalue weighted by molar-refractivity contribution is -0.131. The number of amides is 1. The van der Waals surface area contributed by atoms with Crippen LogP contribution in [0.2, 0.25) is 0 Å². The number of hydrogen-bond acceptors (Lipinski definition) is 3. The van der Waals surface area contributed by atoms with Crippen LogP contribution in [-0.4, -0.2) is 30.4 Å². The van der Waals surface area contributed by atoms with Gasteiger partial charge >= 0.3 is 0 Å². The van der Waals surface area contributed by atoms with Gasteiger partial charge in [0.05, 0.1) is 6.42 Å². The zero-order valence-corrected chi connectivity index (χ0v) is 10.2. The van der Waals surface area contributed by atoms with Gasteiger partial charge in [0.2, 0.25) is 5.91 Å². The Morgan fingerprint density at radius 1 is 1.50 bits per heavy atom. The average Bonchev–Trinajstić information content (AvgIpc) is 2.82. The van der Waals surface area contributed by atoms with Crippen molar-refractivity contribution in [2.24, 2.45) is 11.7 Å². The third-order valence-corrected chi connectivity index (χ3v) is 3.97. The Morgan fingerprint density at radius 2 is 2.25 bits per heavy atom. The zero-order valence-electron chi connectivity index (χ0n) is 9.39. The molecule has 0 spiro atoms. The summed E-state index contributed by atoms with van der Waals surface area (Å²) in [7, 11) is 0. The Kier molecular flexibility index (Phi) is 3.96. The molecule has 1 fully saturated rings. The number of rotatable bonds is 3. The number of piperidine rings is 1. The molecule has 0 bridgehead atoms. The van der Waals surface area contributed by atoms with E-state index in [1.54, 1.807) is 11.3 Å². The standard InChI is InChI=1S/C12H18N2OS/c13-8-10-1-4-14(5-2-10)12(15)7-11-3-6-16-9-11/h3,6,9-10H,1-2,4-5,7-8,13H2. The minimum absolute atomic E-state index is 0.258. The van der Waals surface area contributed by atoms with Crippen LogP contribution < -0.4 is 5.73 Å². The Labute approximate surface area is 100 Å². The van der Waals surface area contributed by atoms with Crippen LogP contribution in [0.25, 0.3) is 0 Å². The van der Waals surface area contributed by atoms with Crippen LogP contribution in [0.15, 0.2) is 16.8 Å². The molecule has 0 aliphatic carbocycles. The van der Waals surface area contributed by atoms with Crippen LogP contribution in [-0.2, 0) is 11.2 Å². The molecule has 0 radical (unpaired) electrons. The summed E-state index contributed by atoms with van der Waals surface area (Å²) in [4.78, 5) is 13.9. The fourth-order valence-electron chi connectivity index (χ4n) is 2.10. The lowest BCUT2D eigenvalue weighted by Crippen LogP contribution is -2.40. The van der Waals surface area contributed by atoms with Crippen molar-refractivity contribution in [3.8, 4) is 0 Å². The van der Waals surface area contributed by atoms with Gasteiger partial charge in [0.25, 0.3) is 0 Å². The normalized spacial score (nSPS) is 17.7. The Morgan fingerprint density at radius 3 is 2.81 bits per heavy atom. The molecule has 0 saturated carbocycles. The predicted molar refractivity (Wildman–Crippen MR) is 66.4 cm³/mol. The number of likely N-dealkylation sites (tertiary alicyclic amines) is 1. The highest BCUT2D eigenvalue weighted by Crippen LogP contribution is 2.17. The molecule has 1 amide bonds. The van der Waals surface area contributed by atoms with Crippen LogP contribution in [0.5, 0.6) is 0 Å². The van der Waals surface area contributed by atoms with Gasteiger partial charge in [-0.2, -0.15) is 11.3 Å². The molecule has 1 aliphatic rings. The first-order valence-electron chi connectivity index (χ1n) is 5.78. The van der Waals surface area contributed by atoms with Crippen LogP contribution >= 0.6 is 11.3 Å². The lowest BCUT2D eigenvalue weighted by atomic mass is 9.97. The molecule has 16 heavy (non-hydrogen) atoms. The van der Waals surface area contributed by atoms with Gasteiger partial charge in [0, 0.05) is 13.1 Å². The van der Waals surface area contributed by atoms with Crippen molar-refractivity contribution in [3.63, 3.8) is 0 Å². The van der Waals surface area contributed by atoms with Gasteiger partial charge in [-0.25, -0.2) is 0 Å². The molecular formula is C12H18N2OS. The van der Waals surface area contributed by atoms with Gasteiger partial charge in [-0.1, -0.05) is 0 Å². The van der Waals surface area contributed by atoms with Crippen molar-refractivity contribution in [2.45, 2.75) is 19.3 Å². The second-order valence-corrected chi connectivity index (χ2v) is 5.15. The molecule has 88 valence electrons. The van der Waals surface area contributed by atoms with Crippen molar-refractivity contribution >= 4 is 17.2 Å². The van der Waals surface area contributed by atoms with Crippen molar-refractivity contribution in [3.05, 3.63) is 22.4 Å². The first-order valence-corrected chi connectivity index (χ1v) is 6.73. The summed E-state index contributed by atoms with van der Waals surface area (Å²) in [6, 6.07) is 2.02.